The number of Topliss-reactive ketones (excluding diaryl/α,β-unsaturated/α-hetero) is 1. The first-order chi connectivity index (χ1) is 9.54. The molecule has 1 unspecified atom stereocenters. The summed E-state index contributed by atoms with van der Waals surface area (Å²) in [6.45, 7) is 3.64. The smallest absolute Gasteiger partial charge is 0.316 e. The summed E-state index contributed by atoms with van der Waals surface area (Å²) < 4.78 is 4.72. The van der Waals surface area contributed by atoms with Crippen LogP contribution in [0.15, 0.2) is 30.6 Å². The third-order valence-electron chi connectivity index (χ3n) is 3.16. The highest BCUT2D eigenvalue weighted by Crippen LogP contribution is 2.21. The van der Waals surface area contributed by atoms with Gasteiger partial charge in [-0.25, -0.2) is 0 Å². The second-order valence-electron chi connectivity index (χ2n) is 4.87. The molecule has 0 aliphatic heterocycles. The maximum atomic E-state index is 12.5. The summed E-state index contributed by atoms with van der Waals surface area (Å²) in [5.41, 5.74) is 1.79. The average Bonchev–Trinajstić information content (AvgIpc) is 2.46. The van der Waals surface area contributed by atoms with E-state index in [1.807, 2.05) is 13.8 Å². The lowest BCUT2D eigenvalue weighted by molar-refractivity contribution is -0.144. The number of nitrogens with zero attached hydrogens (tertiary/aromatic N) is 2. The van der Waals surface area contributed by atoms with Crippen LogP contribution in [-0.2, 0) is 9.53 Å². The van der Waals surface area contributed by atoms with E-state index in [1.54, 1.807) is 30.6 Å². The number of rotatable bonds is 4. The molecule has 20 heavy (non-hydrogen) atoms. The van der Waals surface area contributed by atoms with Gasteiger partial charge in [0.25, 0.3) is 0 Å². The number of benzene rings is 1. The molecule has 0 spiro atoms. The first kappa shape index (κ1) is 14.1. The minimum atomic E-state index is -0.797. The lowest BCUT2D eigenvalue weighted by atomic mass is 9.88. The SMILES string of the molecule is COC(=O)C(C(=O)c1ccc2nccnc2c1)C(C)C. The molecule has 0 radical (unpaired) electrons. The van der Waals surface area contributed by atoms with Gasteiger partial charge in [-0.2, -0.15) is 0 Å². The van der Waals surface area contributed by atoms with Gasteiger partial charge in [0.2, 0.25) is 0 Å². The number of carbonyl (C=O) groups excluding carboxylic acids is 2. The Morgan fingerprint density at radius 2 is 1.75 bits per heavy atom. The van der Waals surface area contributed by atoms with Crippen molar-refractivity contribution in [2.45, 2.75) is 13.8 Å². The zero-order chi connectivity index (χ0) is 14.7. The molecular weight excluding hydrogens is 256 g/mol. The average molecular weight is 272 g/mol. The minimum absolute atomic E-state index is 0.132. The number of fused-ring (bicyclic) bond motifs is 1. The van der Waals surface area contributed by atoms with Gasteiger partial charge in [-0.3, -0.25) is 19.6 Å². The predicted octanol–water partition coefficient (Wildman–Crippen LogP) is 2.26. The van der Waals surface area contributed by atoms with Gasteiger partial charge in [-0.15, -0.1) is 0 Å². The highest BCUT2D eigenvalue weighted by molar-refractivity contribution is 6.09. The van der Waals surface area contributed by atoms with Gasteiger partial charge >= 0.3 is 5.97 Å². The third kappa shape index (κ3) is 2.66. The van der Waals surface area contributed by atoms with Crippen molar-refractivity contribution in [1.82, 2.24) is 9.97 Å². The molecule has 1 aromatic carbocycles. The summed E-state index contributed by atoms with van der Waals surface area (Å²) in [4.78, 5) is 32.6. The Hall–Kier alpha value is -2.30. The van der Waals surface area contributed by atoms with E-state index in [0.717, 1.165) is 0 Å². The van der Waals surface area contributed by atoms with Crippen LogP contribution in [0.2, 0.25) is 0 Å². The molecule has 0 fully saturated rings. The van der Waals surface area contributed by atoms with Gasteiger partial charge in [0.05, 0.1) is 18.1 Å². The molecule has 0 N–H and O–H groups in total. The summed E-state index contributed by atoms with van der Waals surface area (Å²) in [6.07, 6.45) is 3.16. The molecule has 0 bridgehead atoms. The largest absolute Gasteiger partial charge is 0.468 e. The number of hydrogen-bond acceptors (Lipinski definition) is 5. The van der Waals surface area contributed by atoms with Crippen LogP contribution < -0.4 is 0 Å². The second-order valence-corrected chi connectivity index (χ2v) is 4.87. The standard InChI is InChI=1S/C15H16N2O3/c1-9(2)13(15(19)20-3)14(18)10-4-5-11-12(8-10)17-7-6-16-11/h4-9,13H,1-3H3. The Morgan fingerprint density at radius 1 is 1.10 bits per heavy atom. The van der Waals surface area contributed by atoms with Crippen LogP contribution in [0, 0.1) is 11.8 Å². The number of carbonyl (C=O) groups is 2. The van der Waals surface area contributed by atoms with Gasteiger partial charge < -0.3 is 4.74 Å². The Bertz CT molecular complexity index is 652. The maximum Gasteiger partial charge on any atom is 0.316 e. The van der Waals surface area contributed by atoms with Gasteiger partial charge in [0.15, 0.2) is 5.78 Å². The molecule has 0 aliphatic carbocycles. The molecule has 2 rings (SSSR count). The fourth-order valence-electron chi connectivity index (χ4n) is 2.11. The van der Waals surface area contributed by atoms with Crippen LogP contribution in [-0.4, -0.2) is 28.8 Å². The van der Waals surface area contributed by atoms with Crippen molar-refractivity contribution in [1.29, 1.82) is 0 Å². The Balaban J connectivity index is 2.41. The molecule has 0 aliphatic rings. The highest BCUT2D eigenvalue weighted by atomic mass is 16.5. The van der Waals surface area contributed by atoms with Gasteiger partial charge in [0, 0.05) is 18.0 Å². The monoisotopic (exact) mass is 272 g/mol. The van der Waals surface area contributed by atoms with E-state index in [-0.39, 0.29) is 11.7 Å². The van der Waals surface area contributed by atoms with Crippen molar-refractivity contribution >= 4 is 22.8 Å². The molecule has 0 saturated carbocycles. The summed E-state index contributed by atoms with van der Waals surface area (Å²) in [7, 11) is 1.29. The van der Waals surface area contributed by atoms with E-state index in [4.69, 9.17) is 4.74 Å². The summed E-state index contributed by atoms with van der Waals surface area (Å²) >= 11 is 0. The lowest BCUT2D eigenvalue weighted by Crippen LogP contribution is -2.30. The van der Waals surface area contributed by atoms with E-state index < -0.39 is 11.9 Å². The van der Waals surface area contributed by atoms with Gasteiger partial charge in [-0.05, 0) is 24.1 Å². The molecule has 104 valence electrons. The summed E-state index contributed by atoms with van der Waals surface area (Å²) in [6, 6.07) is 5.05. The van der Waals surface area contributed by atoms with Crippen LogP contribution in [0.1, 0.15) is 24.2 Å². The van der Waals surface area contributed by atoms with Crippen molar-refractivity contribution < 1.29 is 14.3 Å². The number of ketones is 1. The first-order valence-electron chi connectivity index (χ1n) is 6.37. The van der Waals surface area contributed by atoms with Gasteiger partial charge in [-0.1, -0.05) is 13.8 Å². The number of ether oxygens (including phenoxy) is 1. The summed E-state index contributed by atoms with van der Waals surface area (Å²) in [5, 5.41) is 0. The van der Waals surface area contributed by atoms with Crippen molar-refractivity contribution in [3.63, 3.8) is 0 Å². The molecule has 5 heteroatoms. The topological polar surface area (TPSA) is 69.2 Å². The van der Waals surface area contributed by atoms with E-state index in [0.29, 0.717) is 16.6 Å². The van der Waals surface area contributed by atoms with Gasteiger partial charge in [0.1, 0.15) is 5.92 Å². The molecular formula is C15H16N2O3. The third-order valence-corrected chi connectivity index (χ3v) is 3.16. The lowest BCUT2D eigenvalue weighted by Gasteiger charge is -2.17. The summed E-state index contributed by atoms with van der Waals surface area (Å²) in [5.74, 6) is -1.69. The normalized spacial score (nSPS) is 12.4. The Kier molecular flexibility index (Phi) is 4.08. The van der Waals surface area contributed by atoms with Crippen LogP contribution >= 0.6 is 0 Å². The molecule has 0 saturated heterocycles. The molecule has 0 amide bonds. The van der Waals surface area contributed by atoms with Crippen molar-refractivity contribution in [3.8, 4) is 0 Å². The molecule has 1 aromatic heterocycles. The Labute approximate surface area is 117 Å². The van der Waals surface area contributed by atoms with Crippen LogP contribution in [0.5, 0.6) is 0 Å². The zero-order valence-corrected chi connectivity index (χ0v) is 11.7. The van der Waals surface area contributed by atoms with Crippen molar-refractivity contribution in [2.24, 2.45) is 11.8 Å². The van der Waals surface area contributed by atoms with Crippen LogP contribution in [0.25, 0.3) is 11.0 Å². The van der Waals surface area contributed by atoms with Crippen molar-refractivity contribution in [3.05, 3.63) is 36.2 Å². The number of aromatic nitrogens is 2. The minimum Gasteiger partial charge on any atom is -0.468 e. The highest BCUT2D eigenvalue weighted by Gasteiger charge is 2.31. The molecule has 1 heterocycles. The number of hydrogen-bond donors (Lipinski definition) is 0. The van der Waals surface area contributed by atoms with E-state index in [9.17, 15) is 9.59 Å². The van der Waals surface area contributed by atoms with Crippen molar-refractivity contribution in [2.75, 3.05) is 7.11 Å². The molecule has 2 aromatic rings. The second kappa shape index (κ2) is 5.77. The van der Waals surface area contributed by atoms with Crippen LogP contribution in [0.4, 0.5) is 0 Å². The fraction of sp³-hybridized carbons (Fsp3) is 0.333. The van der Waals surface area contributed by atoms with E-state index in [1.165, 1.54) is 7.11 Å². The van der Waals surface area contributed by atoms with E-state index in [2.05, 4.69) is 9.97 Å². The molecule has 1 atom stereocenters. The first-order valence-corrected chi connectivity index (χ1v) is 6.37. The quantitative estimate of drug-likeness (QED) is 0.485. The van der Waals surface area contributed by atoms with Crippen LogP contribution in [0.3, 0.4) is 0 Å². The maximum absolute atomic E-state index is 12.5. The number of methoxy groups -OCH3 is 1. The fourth-order valence-corrected chi connectivity index (χ4v) is 2.11. The van der Waals surface area contributed by atoms with E-state index >= 15 is 0 Å². The zero-order valence-electron chi connectivity index (χ0n) is 11.7. The Morgan fingerprint density at radius 3 is 2.35 bits per heavy atom. The predicted molar refractivity (Wildman–Crippen MR) is 74.2 cm³/mol. The number of esters is 1. The molecule has 5 nitrogen and oxygen atoms in total.